The van der Waals surface area contributed by atoms with Crippen molar-refractivity contribution in [3.63, 3.8) is 0 Å². The molecule has 1 aromatic rings. The molecule has 1 heterocycles. The molecule has 6 nitrogen and oxygen atoms in total. The lowest BCUT2D eigenvalue weighted by molar-refractivity contribution is -0.106. The largest absolute Gasteiger partial charge is 0.465 e. The highest BCUT2D eigenvalue weighted by molar-refractivity contribution is 5.91. The summed E-state index contributed by atoms with van der Waals surface area (Å²) in [6, 6.07) is 1.65. The quantitative estimate of drug-likeness (QED) is 0.581. The maximum atomic E-state index is 11.8. The lowest BCUT2D eigenvalue weighted by Crippen LogP contribution is -2.16. The van der Waals surface area contributed by atoms with Crippen LogP contribution >= 0.6 is 0 Å². The molecule has 0 bridgehead atoms. The minimum Gasteiger partial charge on any atom is -0.465 e. The van der Waals surface area contributed by atoms with Gasteiger partial charge >= 0.3 is 5.97 Å². The first-order valence-electron chi connectivity index (χ1n) is 5.36. The zero-order valence-corrected chi connectivity index (χ0v) is 11.3. The highest BCUT2D eigenvalue weighted by atomic mass is 16.7. The summed E-state index contributed by atoms with van der Waals surface area (Å²) in [6.45, 7) is 0. The van der Waals surface area contributed by atoms with Crippen LogP contribution in [0.1, 0.15) is 22.2 Å². The SMILES string of the molecule is COC(=O)c1cc(N(C)C)ncc1C(OC)OC. The summed E-state index contributed by atoms with van der Waals surface area (Å²) in [6.07, 6.45) is 0.905. The number of aromatic nitrogens is 1. The smallest absolute Gasteiger partial charge is 0.338 e. The zero-order valence-electron chi connectivity index (χ0n) is 11.3. The third-order valence-electron chi connectivity index (χ3n) is 2.47. The number of hydrogen-bond donors (Lipinski definition) is 0. The number of rotatable bonds is 5. The van der Waals surface area contributed by atoms with E-state index in [9.17, 15) is 4.79 Å². The molecule has 100 valence electrons. The van der Waals surface area contributed by atoms with Crippen LogP contribution in [0.2, 0.25) is 0 Å². The highest BCUT2D eigenvalue weighted by Gasteiger charge is 2.21. The van der Waals surface area contributed by atoms with Crippen molar-refractivity contribution in [2.24, 2.45) is 0 Å². The van der Waals surface area contributed by atoms with Gasteiger partial charge in [-0.3, -0.25) is 0 Å². The minimum absolute atomic E-state index is 0.380. The third kappa shape index (κ3) is 2.96. The number of carbonyl (C=O) groups is 1. The van der Waals surface area contributed by atoms with E-state index >= 15 is 0 Å². The second-order valence-electron chi connectivity index (χ2n) is 3.82. The second kappa shape index (κ2) is 6.32. The average Bonchev–Trinajstić information content (AvgIpc) is 2.39. The summed E-state index contributed by atoms with van der Waals surface area (Å²) in [5, 5.41) is 0. The van der Waals surface area contributed by atoms with Crippen molar-refractivity contribution < 1.29 is 19.0 Å². The molecule has 0 unspecified atom stereocenters. The van der Waals surface area contributed by atoms with Gasteiger partial charge in [-0.15, -0.1) is 0 Å². The van der Waals surface area contributed by atoms with Crippen LogP contribution in [0.4, 0.5) is 5.82 Å². The van der Waals surface area contributed by atoms with Gasteiger partial charge in [-0.2, -0.15) is 0 Å². The Hall–Kier alpha value is -1.66. The number of hydrogen-bond acceptors (Lipinski definition) is 6. The molecule has 0 radical (unpaired) electrons. The van der Waals surface area contributed by atoms with Crippen LogP contribution in [0, 0.1) is 0 Å². The normalized spacial score (nSPS) is 10.6. The third-order valence-corrected chi connectivity index (χ3v) is 2.47. The molecule has 0 fully saturated rings. The zero-order chi connectivity index (χ0) is 13.7. The Balaban J connectivity index is 3.28. The van der Waals surface area contributed by atoms with E-state index in [0.29, 0.717) is 16.9 Å². The highest BCUT2D eigenvalue weighted by Crippen LogP contribution is 2.24. The van der Waals surface area contributed by atoms with E-state index in [1.807, 2.05) is 14.1 Å². The predicted molar refractivity (Wildman–Crippen MR) is 66.7 cm³/mol. The van der Waals surface area contributed by atoms with Crippen molar-refractivity contribution in [3.8, 4) is 0 Å². The molecule has 0 amide bonds. The number of carbonyl (C=O) groups excluding carboxylic acids is 1. The molecule has 0 saturated carbocycles. The monoisotopic (exact) mass is 254 g/mol. The molecule has 0 saturated heterocycles. The van der Waals surface area contributed by atoms with Crippen molar-refractivity contribution in [1.82, 2.24) is 4.98 Å². The molecule has 1 aromatic heterocycles. The van der Waals surface area contributed by atoms with Crippen LogP contribution < -0.4 is 4.90 Å². The lowest BCUT2D eigenvalue weighted by atomic mass is 10.1. The van der Waals surface area contributed by atoms with Crippen molar-refractivity contribution in [3.05, 3.63) is 23.4 Å². The van der Waals surface area contributed by atoms with Crippen LogP contribution in [0.15, 0.2) is 12.3 Å². The summed E-state index contributed by atoms with van der Waals surface area (Å²) in [5.41, 5.74) is 0.919. The van der Waals surface area contributed by atoms with E-state index in [-0.39, 0.29) is 0 Å². The Morgan fingerprint density at radius 2 is 1.89 bits per heavy atom. The molecule has 0 aliphatic rings. The molecular formula is C12H18N2O4. The van der Waals surface area contributed by atoms with Gasteiger partial charge in [0, 0.05) is 40.1 Å². The Bertz CT molecular complexity index is 417. The van der Waals surface area contributed by atoms with E-state index in [0.717, 1.165) is 0 Å². The number of esters is 1. The van der Waals surface area contributed by atoms with Crippen LogP contribution in [-0.4, -0.2) is 46.4 Å². The number of methoxy groups -OCH3 is 3. The number of ether oxygens (including phenoxy) is 3. The summed E-state index contributed by atoms with van der Waals surface area (Å²) in [4.78, 5) is 17.8. The fourth-order valence-corrected chi connectivity index (χ4v) is 1.52. The van der Waals surface area contributed by atoms with E-state index in [1.165, 1.54) is 21.3 Å². The van der Waals surface area contributed by atoms with Gasteiger partial charge in [-0.1, -0.05) is 0 Å². The molecule has 0 N–H and O–H groups in total. The van der Waals surface area contributed by atoms with Gasteiger partial charge in [-0.25, -0.2) is 9.78 Å². The lowest BCUT2D eigenvalue weighted by Gasteiger charge is -2.18. The predicted octanol–water partition coefficient (Wildman–Crippen LogP) is 1.23. The summed E-state index contributed by atoms with van der Waals surface area (Å²) in [5.74, 6) is 0.208. The summed E-state index contributed by atoms with van der Waals surface area (Å²) >= 11 is 0. The molecule has 1 rings (SSSR count). The second-order valence-corrected chi connectivity index (χ2v) is 3.82. The molecule has 6 heteroatoms. The van der Waals surface area contributed by atoms with E-state index in [4.69, 9.17) is 14.2 Å². The average molecular weight is 254 g/mol. The van der Waals surface area contributed by atoms with Gasteiger partial charge in [0.25, 0.3) is 0 Å². The number of nitrogens with zero attached hydrogens (tertiary/aromatic N) is 2. The van der Waals surface area contributed by atoms with E-state index in [2.05, 4.69) is 4.98 Å². The summed E-state index contributed by atoms with van der Waals surface area (Å²) in [7, 11) is 8.00. The summed E-state index contributed by atoms with van der Waals surface area (Å²) < 4.78 is 15.0. The van der Waals surface area contributed by atoms with Crippen LogP contribution in [0.3, 0.4) is 0 Å². The molecule has 0 aliphatic carbocycles. The topological polar surface area (TPSA) is 60.9 Å². The van der Waals surface area contributed by atoms with Crippen molar-refractivity contribution in [2.75, 3.05) is 40.3 Å². The van der Waals surface area contributed by atoms with Gasteiger partial charge in [-0.05, 0) is 6.07 Å². The van der Waals surface area contributed by atoms with Crippen molar-refractivity contribution in [2.45, 2.75) is 6.29 Å². The van der Waals surface area contributed by atoms with Gasteiger partial charge in [0.2, 0.25) is 0 Å². The fourth-order valence-electron chi connectivity index (χ4n) is 1.52. The van der Waals surface area contributed by atoms with E-state index < -0.39 is 12.3 Å². The molecule has 0 spiro atoms. The fraction of sp³-hybridized carbons (Fsp3) is 0.500. The number of anilines is 1. The molecule has 0 aromatic carbocycles. The maximum Gasteiger partial charge on any atom is 0.338 e. The Morgan fingerprint density at radius 1 is 1.28 bits per heavy atom. The number of pyridine rings is 1. The van der Waals surface area contributed by atoms with Crippen molar-refractivity contribution in [1.29, 1.82) is 0 Å². The van der Waals surface area contributed by atoms with Crippen LogP contribution in [0.25, 0.3) is 0 Å². The Labute approximate surface area is 106 Å². The van der Waals surface area contributed by atoms with Gasteiger partial charge in [0.05, 0.1) is 12.7 Å². The first-order chi connectivity index (χ1) is 8.54. The molecule has 0 aliphatic heterocycles. The molecule has 18 heavy (non-hydrogen) atoms. The van der Waals surface area contributed by atoms with Crippen LogP contribution in [-0.2, 0) is 14.2 Å². The van der Waals surface area contributed by atoms with E-state index in [1.54, 1.807) is 17.2 Å². The molecule has 0 atom stereocenters. The van der Waals surface area contributed by atoms with Crippen LogP contribution in [0.5, 0.6) is 0 Å². The minimum atomic E-state index is -0.650. The first-order valence-corrected chi connectivity index (χ1v) is 5.36. The van der Waals surface area contributed by atoms with Crippen molar-refractivity contribution >= 4 is 11.8 Å². The van der Waals surface area contributed by atoms with Gasteiger partial charge < -0.3 is 19.1 Å². The first kappa shape index (κ1) is 14.4. The maximum absolute atomic E-state index is 11.8. The van der Waals surface area contributed by atoms with Gasteiger partial charge in [0.1, 0.15) is 5.82 Å². The molecular weight excluding hydrogens is 236 g/mol. The Morgan fingerprint density at radius 3 is 2.33 bits per heavy atom. The standard InChI is InChI=1S/C12H18N2O4/c1-14(2)10-6-8(11(15)16-3)9(7-13-10)12(17-4)18-5/h6-7,12H,1-5H3. The van der Waals surface area contributed by atoms with Gasteiger partial charge in [0.15, 0.2) is 6.29 Å². The Kier molecular flexibility index (Phi) is 5.06.